The highest BCUT2D eigenvalue weighted by molar-refractivity contribution is 7.89. The van der Waals surface area contributed by atoms with Crippen molar-refractivity contribution in [1.29, 1.82) is 0 Å². The summed E-state index contributed by atoms with van der Waals surface area (Å²) in [6, 6.07) is 11.5. The molecular weight excluding hydrogens is 476 g/mol. The third-order valence-electron chi connectivity index (χ3n) is 6.23. The van der Waals surface area contributed by atoms with Gasteiger partial charge in [0.2, 0.25) is 22.0 Å². The number of sulfonamides is 1. The Balaban J connectivity index is 1.61. The average molecular weight is 505 g/mol. The molecule has 1 fully saturated rings. The first-order valence-corrected chi connectivity index (χ1v) is 12.6. The van der Waals surface area contributed by atoms with Crippen LogP contribution in [-0.2, 0) is 24.3 Å². The molecule has 2 aliphatic heterocycles. The van der Waals surface area contributed by atoms with Crippen molar-refractivity contribution in [1.82, 2.24) is 4.31 Å². The predicted octanol–water partition coefficient (Wildman–Crippen LogP) is 2.07. The number of methoxy groups -OCH3 is 3. The number of hydrogen-bond acceptors (Lipinski definition) is 8. The third kappa shape index (κ3) is 4.78. The second kappa shape index (κ2) is 10.1. The summed E-state index contributed by atoms with van der Waals surface area (Å²) in [5.41, 5.74) is 0.534. The maximum absolute atomic E-state index is 13.7. The normalized spacial score (nSPS) is 20.4. The van der Waals surface area contributed by atoms with Gasteiger partial charge in [-0.05, 0) is 37.1 Å². The summed E-state index contributed by atoms with van der Waals surface area (Å²) >= 11 is 0. The van der Waals surface area contributed by atoms with Crippen molar-refractivity contribution < 1.29 is 37.0 Å². The molecule has 2 atom stereocenters. The minimum atomic E-state index is -3.96. The number of esters is 1. The number of anilines is 1. The van der Waals surface area contributed by atoms with E-state index < -0.39 is 28.0 Å². The van der Waals surface area contributed by atoms with Gasteiger partial charge in [0.1, 0.15) is 22.1 Å². The first kappa shape index (κ1) is 24.8. The van der Waals surface area contributed by atoms with Crippen molar-refractivity contribution in [3.8, 4) is 17.2 Å². The minimum Gasteiger partial charge on any atom is -0.497 e. The molecule has 0 aromatic heterocycles. The molecule has 2 aromatic rings. The summed E-state index contributed by atoms with van der Waals surface area (Å²) in [7, 11) is 0.148. The van der Waals surface area contributed by atoms with E-state index in [1.165, 1.54) is 42.7 Å². The third-order valence-corrected chi connectivity index (χ3v) is 8.11. The van der Waals surface area contributed by atoms with Crippen LogP contribution in [0.3, 0.4) is 0 Å². The molecule has 0 N–H and O–H groups in total. The monoisotopic (exact) mass is 504 g/mol. The van der Waals surface area contributed by atoms with Gasteiger partial charge in [-0.3, -0.25) is 4.79 Å². The second-order valence-electron chi connectivity index (χ2n) is 8.27. The zero-order chi connectivity index (χ0) is 25.2. The molecule has 0 saturated carbocycles. The van der Waals surface area contributed by atoms with Gasteiger partial charge in [0.25, 0.3) is 0 Å². The number of nitrogens with zero attached hydrogens (tertiary/aromatic N) is 2. The van der Waals surface area contributed by atoms with Crippen LogP contribution in [0.4, 0.5) is 5.69 Å². The lowest BCUT2D eigenvalue weighted by atomic mass is 9.97. The molecule has 0 aliphatic carbocycles. The van der Waals surface area contributed by atoms with Gasteiger partial charge in [0.05, 0.1) is 39.5 Å². The van der Waals surface area contributed by atoms with E-state index in [-0.39, 0.29) is 36.2 Å². The van der Waals surface area contributed by atoms with Gasteiger partial charge in [-0.1, -0.05) is 12.1 Å². The second-order valence-corrected chi connectivity index (χ2v) is 10.2. The van der Waals surface area contributed by atoms with Crippen LogP contribution in [0.2, 0.25) is 0 Å². The van der Waals surface area contributed by atoms with Crippen molar-refractivity contribution in [2.24, 2.45) is 5.92 Å². The van der Waals surface area contributed by atoms with Gasteiger partial charge in [0, 0.05) is 19.2 Å². The highest BCUT2D eigenvalue weighted by Crippen LogP contribution is 2.37. The smallest absolute Gasteiger partial charge is 0.348 e. The number of rotatable bonds is 6. The number of ether oxygens (including phenoxy) is 4. The molecule has 2 aromatic carbocycles. The van der Waals surface area contributed by atoms with Crippen LogP contribution in [0.1, 0.15) is 12.8 Å². The lowest BCUT2D eigenvalue weighted by molar-refractivity contribution is -0.148. The van der Waals surface area contributed by atoms with Crippen LogP contribution in [0, 0.1) is 5.92 Å². The van der Waals surface area contributed by atoms with Gasteiger partial charge in [0.15, 0.2) is 0 Å². The predicted molar refractivity (Wildman–Crippen MR) is 126 cm³/mol. The fraction of sp³-hybridized carbons (Fsp3) is 0.417. The topological polar surface area (TPSA) is 112 Å². The van der Waals surface area contributed by atoms with E-state index in [1.807, 2.05) is 0 Å². The summed E-state index contributed by atoms with van der Waals surface area (Å²) in [5, 5.41) is 0. The number of fused-ring (bicyclic) bond motifs is 1. The maximum atomic E-state index is 13.7. The molecule has 188 valence electrons. The molecule has 10 nitrogen and oxygen atoms in total. The van der Waals surface area contributed by atoms with Gasteiger partial charge in [-0.2, -0.15) is 4.31 Å². The molecule has 11 heteroatoms. The van der Waals surface area contributed by atoms with E-state index in [0.717, 1.165) is 0 Å². The van der Waals surface area contributed by atoms with Crippen molar-refractivity contribution in [3.63, 3.8) is 0 Å². The Kier molecular flexibility index (Phi) is 7.18. The van der Waals surface area contributed by atoms with Gasteiger partial charge < -0.3 is 23.8 Å². The fourth-order valence-corrected chi connectivity index (χ4v) is 6.10. The molecule has 35 heavy (non-hydrogen) atoms. The summed E-state index contributed by atoms with van der Waals surface area (Å²) < 4.78 is 49.4. The Morgan fingerprint density at radius 2 is 1.80 bits per heavy atom. The van der Waals surface area contributed by atoms with Crippen molar-refractivity contribution in [3.05, 3.63) is 42.5 Å². The van der Waals surface area contributed by atoms with Crippen molar-refractivity contribution in [2.45, 2.75) is 23.8 Å². The minimum absolute atomic E-state index is 0.00391. The number of carbonyl (C=O) groups excluding carboxylic acids is 2. The fourth-order valence-electron chi connectivity index (χ4n) is 4.40. The molecule has 4 rings (SSSR count). The van der Waals surface area contributed by atoms with E-state index >= 15 is 0 Å². The zero-order valence-corrected chi connectivity index (χ0v) is 20.6. The first-order valence-electron chi connectivity index (χ1n) is 11.2. The summed E-state index contributed by atoms with van der Waals surface area (Å²) in [4.78, 5) is 27.3. The number of para-hydroxylation sites is 2. The van der Waals surface area contributed by atoms with Crippen LogP contribution in [0.25, 0.3) is 0 Å². The van der Waals surface area contributed by atoms with E-state index in [1.54, 1.807) is 30.3 Å². The number of hydrogen-bond donors (Lipinski definition) is 0. The SMILES string of the molecule is COC(=O)C1CN(C(=O)C2CCCN(S(=O)(=O)c3cc(OC)ccc3OC)C2)c2ccccc2O1. The Morgan fingerprint density at radius 1 is 1.03 bits per heavy atom. The van der Waals surface area contributed by atoms with E-state index in [9.17, 15) is 18.0 Å². The molecule has 2 aliphatic rings. The molecule has 0 bridgehead atoms. The molecule has 2 heterocycles. The van der Waals surface area contributed by atoms with Gasteiger partial charge >= 0.3 is 5.97 Å². The van der Waals surface area contributed by atoms with Crippen LogP contribution >= 0.6 is 0 Å². The largest absolute Gasteiger partial charge is 0.497 e. The van der Waals surface area contributed by atoms with E-state index in [0.29, 0.717) is 30.0 Å². The number of amides is 1. The lowest BCUT2D eigenvalue weighted by Crippen LogP contribution is -2.52. The number of piperidine rings is 1. The number of benzene rings is 2. The molecule has 0 radical (unpaired) electrons. The highest BCUT2D eigenvalue weighted by Gasteiger charge is 2.40. The van der Waals surface area contributed by atoms with Crippen LogP contribution in [0.15, 0.2) is 47.4 Å². The standard InChI is InChI=1S/C24H28N2O8S/c1-31-17-10-11-20(32-2)22(13-17)35(29,30)25-12-6-7-16(14-25)23(27)26-15-21(24(28)33-3)34-19-9-5-4-8-18(19)26/h4-5,8-11,13,16,21H,6-7,12,14-15H2,1-3H3. The average Bonchev–Trinajstić information content (AvgIpc) is 2.91. The Bertz CT molecular complexity index is 1220. The van der Waals surface area contributed by atoms with E-state index in [4.69, 9.17) is 18.9 Å². The van der Waals surface area contributed by atoms with Crippen molar-refractivity contribution in [2.75, 3.05) is 45.9 Å². The first-order chi connectivity index (χ1) is 16.8. The summed E-state index contributed by atoms with van der Waals surface area (Å²) in [6.45, 7) is 0.260. The zero-order valence-electron chi connectivity index (χ0n) is 19.8. The Labute approximate surface area is 204 Å². The van der Waals surface area contributed by atoms with E-state index in [2.05, 4.69) is 0 Å². The Morgan fingerprint density at radius 3 is 2.51 bits per heavy atom. The molecule has 0 spiro atoms. The highest BCUT2D eigenvalue weighted by atomic mass is 32.2. The van der Waals surface area contributed by atoms with Gasteiger partial charge in [-0.15, -0.1) is 0 Å². The molecule has 2 unspecified atom stereocenters. The van der Waals surface area contributed by atoms with Crippen LogP contribution < -0.4 is 19.1 Å². The molecular formula is C24H28N2O8S. The lowest BCUT2D eigenvalue weighted by Gasteiger charge is -2.38. The quantitative estimate of drug-likeness (QED) is 0.550. The Hall–Kier alpha value is -3.31. The van der Waals surface area contributed by atoms with Crippen LogP contribution in [-0.4, -0.2) is 71.7 Å². The van der Waals surface area contributed by atoms with Gasteiger partial charge in [-0.25, -0.2) is 13.2 Å². The van der Waals surface area contributed by atoms with Crippen molar-refractivity contribution >= 4 is 27.6 Å². The summed E-state index contributed by atoms with van der Waals surface area (Å²) in [5.74, 6) is -0.485. The molecule has 1 saturated heterocycles. The summed E-state index contributed by atoms with van der Waals surface area (Å²) in [6.07, 6.45) is 0.0555. The number of carbonyl (C=O) groups is 2. The maximum Gasteiger partial charge on any atom is 0.348 e. The van der Waals surface area contributed by atoms with Crippen LogP contribution in [0.5, 0.6) is 17.2 Å². The molecule has 1 amide bonds.